The Morgan fingerprint density at radius 2 is 0.410 bits per heavy atom. The van der Waals surface area contributed by atoms with E-state index in [1.807, 2.05) is 0 Å². The summed E-state index contributed by atoms with van der Waals surface area (Å²) in [5, 5.41) is 4.82. The second-order valence-corrected chi connectivity index (χ2v) is 27.0. The summed E-state index contributed by atoms with van der Waals surface area (Å²) in [6, 6.07) is 127. The van der Waals surface area contributed by atoms with Gasteiger partial charge in [-0.2, -0.15) is 0 Å². The molecule has 15 aromatic carbocycles. The number of hydrogen-bond acceptors (Lipinski definition) is 6. The minimum atomic E-state index is -0.297. The van der Waals surface area contributed by atoms with E-state index in [1.165, 1.54) is 65.7 Å². The van der Waals surface area contributed by atoms with Crippen LogP contribution in [0.25, 0.3) is 55.0 Å². The van der Waals surface area contributed by atoms with E-state index in [2.05, 4.69) is 378 Å². The van der Waals surface area contributed by atoms with Crippen molar-refractivity contribution in [2.75, 3.05) is 29.4 Å². The SMILES string of the molecule is c1ccc(N2c3cccc4c3B3c5c2c2c6c(c5N(c5ccccc5)c5cc7c(c(c53)N4c3ccccc3)c3ccccc3n7-c3ccccc3)N(c3ccccc3)c3cccc4c3B6c3c(cc5c(c3N4c3ccccc3)c3ccccc3n5-c3ccccc3)N2c2ccccc2)cc1. The maximum atomic E-state index is 2.71. The molecular weight excluding hydrogens is 1210 g/mol. The molecule has 8 nitrogen and oxygen atoms in total. The Bertz CT molecular complexity index is 5920. The van der Waals surface area contributed by atoms with E-state index < -0.39 is 0 Å². The van der Waals surface area contributed by atoms with Crippen LogP contribution in [0.2, 0.25) is 0 Å². The van der Waals surface area contributed by atoms with Gasteiger partial charge in [0.1, 0.15) is 0 Å². The van der Waals surface area contributed by atoms with Gasteiger partial charge in [-0.05, 0) is 178 Å². The zero-order valence-corrected chi connectivity index (χ0v) is 54.1. The monoisotopic (exact) mass is 1270 g/mol. The van der Waals surface area contributed by atoms with Crippen LogP contribution in [0.15, 0.2) is 340 Å². The standard InChI is InChI=1S/C90H56B2N8/c1-9-31-57(32-10-1)93-67-49-27-25-47-65(67)77-73(93)55-75-81-85(77)95(59-35-13-3-14-36-59)69-51-29-53-71-79(69)91(81)83-88(98(71)62-41-19-6-20-42-62)90-84-87(89(83)99(75)63-43-21-7-22-44-63)97(61-39-17-5-18-40-61)72-54-30-52-70-80(72)92(84)82-76(100(90)64-45-23-8-24-46-64)56-74-78(86(82)96(70)60-37-15-4-16-38-60)66-48-26-28-50-68(66)94(74)58-33-11-2-12-34-58/h1-56H. The van der Waals surface area contributed by atoms with Gasteiger partial charge < -0.3 is 38.5 Å². The first-order chi connectivity index (χ1) is 49.8. The van der Waals surface area contributed by atoms with Crippen molar-refractivity contribution < 1.29 is 0 Å². The van der Waals surface area contributed by atoms with Gasteiger partial charge in [-0.15, -0.1) is 0 Å². The summed E-state index contributed by atoms with van der Waals surface area (Å²) in [6.07, 6.45) is 0. The summed E-state index contributed by atoms with van der Waals surface area (Å²) in [5.41, 5.74) is 34.8. The predicted octanol–water partition coefficient (Wildman–Crippen LogP) is 19.6. The molecule has 100 heavy (non-hydrogen) atoms. The molecule has 0 radical (unpaired) electrons. The molecule has 2 aromatic heterocycles. The van der Waals surface area contributed by atoms with Gasteiger partial charge in [0.15, 0.2) is 0 Å². The van der Waals surface area contributed by atoms with E-state index in [0.29, 0.717) is 0 Å². The van der Waals surface area contributed by atoms with Crippen molar-refractivity contribution in [3.05, 3.63) is 340 Å². The van der Waals surface area contributed by atoms with Gasteiger partial charge in [0, 0.05) is 101 Å². The summed E-state index contributed by atoms with van der Waals surface area (Å²) >= 11 is 0. The zero-order valence-electron chi connectivity index (χ0n) is 54.1. The predicted molar refractivity (Wildman–Crippen MR) is 420 cm³/mol. The van der Waals surface area contributed by atoms with Crippen LogP contribution >= 0.6 is 0 Å². The number of fused-ring (bicyclic) bond motifs is 10. The Balaban J connectivity index is 0.985. The third-order valence-corrected chi connectivity index (χ3v) is 22.1. The number of para-hydroxylation sites is 10. The largest absolute Gasteiger partial charge is 0.311 e. The first-order valence-electron chi connectivity index (χ1n) is 34.7. The van der Waals surface area contributed by atoms with Gasteiger partial charge in [-0.25, -0.2) is 0 Å². The van der Waals surface area contributed by atoms with Crippen LogP contribution in [0.4, 0.5) is 102 Å². The Labute approximate surface area is 578 Å². The average Bonchev–Trinajstić information content (AvgIpc) is 1.18. The van der Waals surface area contributed by atoms with Crippen LogP contribution in [0.5, 0.6) is 0 Å². The average molecular weight is 1270 g/mol. The van der Waals surface area contributed by atoms with Crippen LogP contribution in [-0.4, -0.2) is 22.6 Å². The van der Waals surface area contributed by atoms with Crippen molar-refractivity contribution in [2.24, 2.45) is 0 Å². The lowest BCUT2D eigenvalue weighted by Crippen LogP contribution is -2.69. The molecule has 0 aliphatic carbocycles. The first kappa shape index (κ1) is 54.0. The molecule has 0 saturated heterocycles. The highest BCUT2D eigenvalue weighted by atomic mass is 15.3. The fourth-order valence-corrected chi connectivity index (χ4v) is 18.6. The molecule has 6 aliphatic rings. The van der Waals surface area contributed by atoms with Crippen LogP contribution in [-0.2, 0) is 0 Å². The first-order valence-corrected chi connectivity index (χ1v) is 34.7. The topological polar surface area (TPSA) is 29.3 Å². The van der Waals surface area contributed by atoms with Gasteiger partial charge in [-0.3, -0.25) is 0 Å². The van der Waals surface area contributed by atoms with E-state index in [-0.39, 0.29) is 13.4 Å². The molecule has 0 spiro atoms. The Hall–Kier alpha value is -13.2. The van der Waals surface area contributed by atoms with E-state index in [9.17, 15) is 0 Å². The summed E-state index contributed by atoms with van der Waals surface area (Å²) in [7, 11) is 0. The van der Waals surface area contributed by atoms with E-state index in [0.717, 1.165) is 124 Å². The number of anilines is 18. The van der Waals surface area contributed by atoms with Gasteiger partial charge in [0.05, 0.1) is 56.2 Å². The Kier molecular flexibility index (Phi) is 10.9. The molecule has 0 atom stereocenters. The van der Waals surface area contributed by atoms with Crippen molar-refractivity contribution in [3.8, 4) is 11.4 Å². The third kappa shape index (κ3) is 6.95. The molecule has 8 heterocycles. The molecule has 0 N–H and O–H groups in total. The van der Waals surface area contributed by atoms with E-state index >= 15 is 0 Å². The molecule has 462 valence electrons. The highest BCUT2D eigenvalue weighted by Crippen LogP contribution is 2.62. The van der Waals surface area contributed by atoms with Crippen LogP contribution < -0.4 is 62.2 Å². The summed E-state index contributed by atoms with van der Waals surface area (Å²) in [4.78, 5) is 16.0. The van der Waals surface area contributed by atoms with Crippen LogP contribution in [0, 0.1) is 0 Å². The van der Waals surface area contributed by atoms with Crippen molar-refractivity contribution in [1.29, 1.82) is 0 Å². The molecule has 0 saturated carbocycles. The van der Waals surface area contributed by atoms with Gasteiger partial charge >= 0.3 is 0 Å². The normalized spacial score (nSPS) is 13.8. The number of rotatable bonds is 8. The van der Waals surface area contributed by atoms with Gasteiger partial charge in [-0.1, -0.05) is 194 Å². The maximum absolute atomic E-state index is 2.71. The lowest BCUT2D eigenvalue weighted by molar-refractivity contribution is 1.16. The van der Waals surface area contributed by atoms with Crippen LogP contribution in [0.3, 0.4) is 0 Å². The molecule has 0 fully saturated rings. The number of aromatic nitrogens is 2. The van der Waals surface area contributed by atoms with E-state index in [4.69, 9.17) is 0 Å². The number of hydrogen-bond donors (Lipinski definition) is 0. The quantitative estimate of drug-likeness (QED) is 0.141. The molecule has 6 aliphatic heterocycles. The van der Waals surface area contributed by atoms with Crippen molar-refractivity contribution in [2.45, 2.75) is 0 Å². The molecule has 0 unspecified atom stereocenters. The van der Waals surface area contributed by atoms with E-state index in [1.54, 1.807) is 0 Å². The molecule has 17 aromatic rings. The lowest BCUT2D eigenvalue weighted by Gasteiger charge is -2.55. The number of benzene rings is 15. The second kappa shape index (κ2) is 20.2. The second-order valence-electron chi connectivity index (χ2n) is 27.0. The molecule has 0 bridgehead atoms. The number of nitrogens with zero attached hydrogens (tertiary/aromatic N) is 8. The maximum Gasteiger partial charge on any atom is 0.257 e. The fourth-order valence-electron chi connectivity index (χ4n) is 18.6. The van der Waals surface area contributed by atoms with Gasteiger partial charge in [0.2, 0.25) is 0 Å². The minimum absolute atomic E-state index is 0.297. The highest BCUT2D eigenvalue weighted by Gasteiger charge is 2.59. The third-order valence-electron chi connectivity index (χ3n) is 22.1. The Morgan fingerprint density at radius 1 is 0.170 bits per heavy atom. The summed E-state index contributed by atoms with van der Waals surface area (Å²) in [5.74, 6) is 0. The molecule has 0 amide bonds. The summed E-state index contributed by atoms with van der Waals surface area (Å²) in [6.45, 7) is -0.595. The van der Waals surface area contributed by atoms with Crippen molar-refractivity contribution >= 4 is 192 Å². The van der Waals surface area contributed by atoms with Crippen molar-refractivity contribution in [1.82, 2.24) is 9.13 Å². The molecular formula is C90H56B2N8. The van der Waals surface area contributed by atoms with Gasteiger partial charge in [0.25, 0.3) is 13.4 Å². The lowest BCUT2D eigenvalue weighted by atomic mass is 9.28. The van der Waals surface area contributed by atoms with Crippen molar-refractivity contribution in [3.63, 3.8) is 0 Å². The fraction of sp³-hybridized carbons (Fsp3) is 0. The summed E-state index contributed by atoms with van der Waals surface area (Å²) < 4.78 is 5.05. The highest BCUT2D eigenvalue weighted by molar-refractivity contribution is 7.06. The molecule has 23 rings (SSSR count). The smallest absolute Gasteiger partial charge is 0.257 e. The zero-order chi connectivity index (χ0) is 65.0. The molecule has 10 heteroatoms. The Morgan fingerprint density at radius 3 is 0.700 bits per heavy atom. The van der Waals surface area contributed by atoms with Crippen LogP contribution in [0.1, 0.15) is 0 Å². The minimum Gasteiger partial charge on any atom is -0.311 e.